The van der Waals surface area contributed by atoms with E-state index in [9.17, 15) is 5.11 Å². The zero-order chi connectivity index (χ0) is 8.88. The molecule has 1 aromatic rings. The summed E-state index contributed by atoms with van der Waals surface area (Å²) in [6.45, 7) is 6.31. The molecular weight excluding hydrogens is 148 g/mol. The summed E-state index contributed by atoms with van der Waals surface area (Å²) in [6.07, 6.45) is 0.980. The normalized spacial score (nSPS) is 13.3. The summed E-state index contributed by atoms with van der Waals surface area (Å²) in [5, 5.41) is 9.79. The molecule has 2 bridgehead atoms. The van der Waals surface area contributed by atoms with E-state index in [0.717, 1.165) is 17.5 Å². The standard InChI is InChI=1S/C11H14O/c1-6(2)9-4-8-5-10(7(8)3)11(9)12/h4,6,12H,5H2,1-3H3. The molecule has 3 rings (SSSR count). The van der Waals surface area contributed by atoms with E-state index in [1.54, 1.807) is 0 Å². The van der Waals surface area contributed by atoms with Crippen molar-refractivity contribution in [1.82, 2.24) is 0 Å². The Kier molecular flexibility index (Phi) is 1.44. The first-order valence-electron chi connectivity index (χ1n) is 4.45. The van der Waals surface area contributed by atoms with Gasteiger partial charge in [0.25, 0.3) is 0 Å². The molecule has 2 aliphatic carbocycles. The Balaban J connectivity index is 2.58. The molecule has 12 heavy (non-hydrogen) atoms. The lowest BCUT2D eigenvalue weighted by Crippen LogP contribution is -2.10. The SMILES string of the molecule is Cc1c2cc(C(C)C)c(O)c1C2. The number of hydrogen-bond donors (Lipinski definition) is 1. The van der Waals surface area contributed by atoms with Crippen LogP contribution in [0.3, 0.4) is 0 Å². The van der Waals surface area contributed by atoms with E-state index >= 15 is 0 Å². The lowest BCUT2D eigenvalue weighted by Gasteiger charge is -2.26. The zero-order valence-electron chi connectivity index (χ0n) is 7.81. The second-order valence-corrected chi connectivity index (χ2v) is 3.91. The summed E-state index contributed by atoms with van der Waals surface area (Å²) >= 11 is 0. The molecule has 0 radical (unpaired) electrons. The molecule has 0 heterocycles. The third kappa shape index (κ3) is 0.795. The summed E-state index contributed by atoms with van der Waals surface area (Å²) < 4.78 is 0. The first kappa shape index (κ1) is 7.66. The van der Waals surface area contributed by atoms with Crippen LogP contribution in [0.1, 0.15) is 42.0 Å². The summed E-state index contributed by atoms with van der Waals surface area (Å²) in [7, 11) is 0. The number of aryl methyl sites for hydroxylation is 1. The van der Waals surface area contributed by atoms with Crippen molar-refractivity contribution in [2.75, 3.05) is 0 Å². The smallest absolute Gasteiger partial charge is 0.122 e. The summed E-state index contributed by atoms with van der Waals surface area (Å²) in [6, 6.07) is 2.14. The number of phenolic OH excluding ortho intramolecular Hbond substituents is 1. The molecular formula is C11H14O. The van der Waals surface area contributed by atoms with E-state index in [0.29, 0.717) is 11.7 Å². The molecule has 2 aliphatic rings. The largest absolute Gasteiger partial charge is 0.507 e. The van der Waals surface area contributed by atoms with Crippen LogP contribution >= 0.6 is 0 Å². The van der Waals surface area contributed by atoms with E-state index < -0.39 is 0 Å². The van der Waals surface area contributed by atoms with Gasteiger partial charge in [-0.3, -0.25) is 0 Å². The minimum absolute atomic E-state index is 0.434. The van der Waals surface area contributed by atoms with Crippen LogP contribution in [-0.4, -0.2) is 5.11 Å². The number of fused-ring (bicyclic) bond motifs is 2. The summed E-state index contributed by atoms with van der Waals surface area (Å²) in [5.41, 5.74) is 4.97. The Bertz CT molecular complexity index is 337. The maximum Gasteiger partial charge on any atom is 0.122 e. The van der Waals surface area contributed by atoms with Crippen LogP contribution in [0.5, 0.6) is 5.75 Å². The van der Waals surface area contributed by atoms with Gasteiger partial charge in [0.05, 0.1) is 0 Å². The first-order chi connectivity index (χ1) is 5.61. The van der Waals surface area contributed by atoms with Gasteiger partial charge in [-0.25, -0.2) is 0 Å². The maximum atomic E-state index is 9.79. The van der Waals surface area contributed by atoms with Gasteiger partial charge in [0.15, 0.2) is 0 Å². The van der Waals surface area contributed by atoms with Gasteiger partial charge < -0.3 is 5.11 Å². The van der Waals surface area contributed by atoms with Crippen LogP contribution in [0.2, 0.25) is 0 Å². The molecule has 0 fully saturated rings. The Hall–Kier alpha value is -0.980. The van der Waals surface area contributed by atoms with E-state index in [-0.39, 0.29) is 0 Å². The number of hydrogen-bond acceptors (Lipinski definition) is 1. The summed E-state index contributed by atoms with van der Waals surface area (Å²) in [5.74, 6) is 0.973. The molecule has 0 unspecified atom stereocenters. The van der Waals surface area contributed by atoms with Gasteiger partial charge >= 0.3 is 0 Å². The molecule has 0 amide bonds. The van der Waals surface area contributed by atoms with Gasteiger partial charge in [-0.1, -0.05) is 19.9 Å². The molecule has 0 aromatic heterocycles. The van der Waals surface area contributed by atoms with Crippen molar-refractivity contribution >= 4 is 0 Å². The molecule has 0 spiro atoms. The minimum atomic E-state index is 0.434. The molecule has 1 heteroatoms. The number of benzene rings is 1. The fourth-order valence-corrected chi connectivity index (χ4v) is 1.83. The van der Waals surface area contributed by atoms with Gasteiger partial charge in [-0.15, -0.1) is 0 Å². The van der Waals surface area contributed by atoms with Gasteiger partial charge in [-0.2, -0.15) is 0 Å². The monoisotopic (exact) mass is 162 g/mol. The van der Waals surface area contributed by atoms with Gasteiger partial charge in [0.1, 0.15) is 5.75 Å². The van der Waals surface area contributed by atoms with E-state index in [1.807, 2.05) is 0 Å². The van der Waals surface area contributed by atoms with Crippen LogP contribution in [0.4, 0.5) is 0 Å². The fraction of sp³-hybridized carbons (Fsp3) is 0.455. The average molecular weight is 162 g/mol. The van der Waals surface area contributed by atoms with Crippen molar-refractivity contribution in [3.8, 4) is 5.75 Å². The Morgan fingerprint density at radius 2 is 2.08 bits per heavy atom. The molecule has 1 N–H and O–H groups in total. The quantitative estimate of drug-likeness (QED) is 0.683. The van der Waals surface area contributed by atoms with Crippen molar-refractivity contribution in [3.63, 3.8) is 0 Å². The third-order valence-corrected chi connectivity index (χ3v) is 2.81. The van der Waals surface area contributed by atoms with Crippen molar-refractivity contribution in [2.45, 2.75) is 33.1 Å². The van der Waals surface area contributed by atoms with Crippen molar-refractivity contribution in [3.05, 3.63) is 28.3 Å². The fourth-order valence-electron chi connectivity index (χ4n) is 1.83. The van der Waals surface area contributed by atoms with Crippen molar-refractivity contribution < 1.29 is 5.11 Å². The highest BCUT2D eigenvalue weighted by molar-refractivity contribution is 5.59. The van der Waals surface area contributed by atoms with Crippen LogP contribution in [-0.2, 0) is 6.42 Å². The highest BCUT2D eigenvalue weighted by Gasteiger charge is 2.23. The number of phenols is 1. The zero-order valence-corrected chi connectivity index (χ0v) is 7.81. The third-order valence-electron chi connectivity index (χ3n) is 2.81. The highest BCUT2D eigenvalue weighted by atomic mass is 16.3. The van der Waals surface area contributed by atoms with Crippen LogP contribution in [0.25, 0.3) is 0 Å². The van der Waals surface area contributed by atoms with Crippen molar-refractivity contribution in [2.24, 2.45) is 0 Å². The second-order valence-electron chi connectivity index (χ2n) is 3.91. The molecule has 1 aromatic carbocycles. The molecule has 1 nitrogen and oxygen atoms in total. The molecule has 0 saturated carbocycles. The number of aromatic hydroxyl groups is 1. The van der Waals surface area contributed by atoms with Crippen LogP contribution < -0.4 is 0 Å². The first-order valence-corrected chi connectivity index (χ1v) is 4.45. The second kappa shape index (κ2) is 2.25. The Morgan fingerprint density at radius 3 is 2.50 bits per heavy atom. The van der Waals surface area contributed by atoms with Gasteiger partial charge in [0, 0.05) is 12.0 Å². The average Bonchev–Trinajstić information content (AvgIpc) is 2.02. The lowest BCUT2D eigenvalue weighted by atomic mass is 9.80. The van der Waals surface area contributed by atoms with E-state index in [1.165, 1.54) is 11.1 Å². The molecule has 0 saturated heterocycles. The van der Waals surface area contributed by atoms with Gasteiger partial charge in [0.2, 0.25) is 0 Å². The predicted molar refractivity (Wildman–Crippen MR) is 49.7 cm³/mol. The molecule has 64 valence electrons. The predicted octanol–water partition coefficient (Wildman–Crippen LogP) is 2.73. The molecule has 0 aliphatic heterocycles. The number of rotatable bonds is 1. The Morgan fingerprint density at radius 1 is 1.42 bits per heavy atom. The highest BCUT2D eigenvalue weighted by Crippen LogP contribution is 2.41. The lowest BCUT2D eigenvalue weighted by molar-refractivity contribution is 0.454. The van der Waals surface area contributed by atoms with Crippen LogP contribution in [0.15, 0.2) is 6.07 Å². The Labute approximate surface area is 73.0 Å². The minimum Gasteiger partial charge on any atom is -0.507 e. The van der Waals surface area contributed by atoms with Crippen LogP contribution in [0, 0.1) is 6.92 Å². The maximum absolute atomic E-state index is 9.79. The van der Waals surface area contributed by atoms with Crippen molar-refractivity contribution in [1.29, 1.82) is 0 Å². The van der Waals surface area contributed by atoms with E-state index in [4.69, 9.17) is 0 Å². The molecule has 0 atom stereocenters. The van der Waals surface area contributed by atoms with Gasteiger partial charge in [-0.05, 0) is 29.5 Å². The topological polar surface area (TPSA) is 20.2 Å². The summed E-state index contributed by atoms with van der Waals surface area (Å²) in [4.78, 5) is 0. The van der Waals surface area contributed by atoms with E-state index in [2.05, 4.69) is 26.8 Å².